The maximum atomic E-state index is 11.7. The molecular weight excluding hydrogens is 204 g/mol. The summed E-state index contributed by atoms with van der Waals surface area (Å²) >= 11 is 0. The minimum atomic E-state index is 0.0525. The average Bonchev–Trinajstić information content (AvgIpc) is 2.93. The Morgan fingerprint density at radius 1 is 1.50 bits per heavy atom. The molecule has 3 N–H and O–H groups in total. The van der Waals surface area contributed by atoms with Crippen LogP contribution in [-0.4, -0.2) is 30.7 Å². The van der Waals surface area contributed by atoms with Gasteiger partial charge in [-0.25, -0.2) is 0 Å². The molecule has 0 spiro atoms. The summed E-state index contributed by atoms with van der Waals surface area (Å²) < 4.78 is 5.53. The highest BCUT2D eigenvalue weighted by atomic mass is 16.5. The van der Waals surface area contributed by atoms with Gasteiger partial charge in [-0.15, -0.1) is 0 Å². The summed E-state index contributed by atoms with van der Waals surface area (Å²) in [6, 6.07) is 0.165. The lowest BCUT2D eigenvalue weighted by molar-refractivity contribution is -0.123. The Morgan fingerprint density at radius 3 is 2.81 bits per heavy atom. The molecule has 1 amide bonds. The van der Waals surface area contributed by atoms with Gasteiger partial charge >= 0.3 is 0 Å². The summed E-state index contributed by atoms with van der Waals surface area (Å²) in [4.78, 5) is 11.7. The van der Waals surface area contributed by atoms with Crippen LogP contribution in [0.25, 0.3) is 0 Å². The van der Waals surface area contributed by atoms with Gasteiger partial charge in [0.25, 0.3) is 0 Å². The third kappa shape index (κ3) is 3.19. The molecule has 1 aliphatic carbocycles. The van der Waals surface area contributed by atoms with E-state index in [0.29, 0.717) is 12.3 Å². The van der Waals surface area contributed by atoms with Crippen LogP contribution in [0.4, 0.5) is 0 Å². The van der Waals surface area contributed by atoms with Crippen LogP contribution in [0.2, 0.25) is 0 Å². The van der Waals surface area contributed by atoms with Crippen molar-refractivity contribution in [1.82, 2.24) is 5.32 Å². The molecule has 3 unspecified atom stereocenters. The van der Waals surface area contributed by atoms with Gasteiger partial charge in [-0.1, -0.05) is 0 Å². The van der Waals surface area contributed by atoms with E-state index in [2.05, 4.69) is 5.32 Å². The highest BCUT2D eigenvalue weighted by Crippen LogP contribution is 2.32. The van der Waals surface area contributed by atoms with Gasteiger partial charge in [-0.2, -0.15) is 0 Å². The first-order valence-corrected chi connectivity index (χ1v) is 6.33. The van der Waals surface area contributed by atoms with E-state index in [-0.39, 0.29) is 24.1 Å². The van der Waals surface area contributed by atoms with E-state index in [1.54, 1.807) is 0 Å². The topological polar surface area (TPSA) is 64.4 Å². The van der Waals surface area contributed by atoms with Crippen molar-refractivity contribution in [3.05, 3.63) is 0 Å². The molecule has 0 radical (unpaired) electrons. The predicted octanol–water partition coefficient (Wildman–Crippen LogP) is 0.797. The lowest BCUT2D eigenvalue weighted by Crippen LogP contribution is -2.43. The van der Waals surface area contributed by atoms with Crippen LogP contribution < -0.4 is 11.1 Å². The van der Waals surface area contributed by atoms with Crippen molar-refractivity contribution in [1.29, 1.82) is 0 Å². The van der Waals surface area contributed by atoms with Crippen LogP contribution in [-0.2, 0) is 9.53 Å². The zero-order valence-corrected chi connectivity index (χ0v) is 9.95. The molecule has 1 saturated carbocycles. The number of amides is 1. The summed E-state index contributed by atoms with van der Waals surface area (Å²) in [5.74, 6) is 0.659. The normalized spacial score (nSPS) is 28.8. The highest BCUT2D eigenvalue weighted by Gasteiger charge is 2.30. The van der Waals surface area contributed by atoms with Gasteiger partial charge in [-0.05, 0) is 38.5 Å². The molecule has 1 heterocycles. The summed E-state index contributed by atoms with van der Waals surface area (Å²) in [5, 5.41) is 2.99. The smallest absolute Gasteiger partial charge is 0.221 e. The van der Waals surface area contributed by atoms with Crippen LogP contribution in [0.5, 0.6) is 0 Å². The second kappa shape index (κ2) is 5.15. The Kier molecular flexibility index (Phi) is 3.82. The Balaban J connectivity index is 1.68. The van der Waals surface area contributed by atoms with Crippen LogP contribution in [0.15, 0.2) is 0 Å². The first-order valence-electron chi connectivity index (χ1n) is 6.33. The lowest BCUT2D eigenvalue weighted by Gasteiger charge is -2.21. The number of carbonyl (C=O) groups is 1. The number of ether oxygens (including phenoxy) is 1. The molecule has 2 fully saturated rings. The zero-order chi connectivity index (χ0) is 11.5. The average molecular weight is 226 g/mol. The van der Waals surface area contributed by atoms with Crippen molar-refractivity contribution in [2.24, 2.45) is 11.7 Å². The predicted molar refractivity (Wildman–Crippen MR) is 61.9 cm³/mol. The second-order valence-corrected chi connectivity index (χ2v) is 5.11. The fraction of sp³-hybridized carbons (Fsp3) is 0.917. The van der Waals surface area contributed by atoms with Crippen LogP contribution in [0, 0.1) is 5.92 Å². The quantitative estimate of drug-likeness (QED) is 0.728. The van der Waals surface area contributed by atoms with Crippen LogP contribution in [0.1, 0.15) is 39.0 Å². The standard InChI is InChI=1S/C12H22N2O2/c1-8(11-3-2-6-16-11)14-12(15)7-10(13)9-4-5-9/h8-11H,2-7,13H2,1H3,(H,14,15). The summed E-state index contributed by atoms with van der Waals surface area (Å²) in [6.07, 6.45) is 5.19. The second-order valence-electron chi connectivity index (χ2n) is 5.11. The number of nitrogens with two attached hydrogens (primary N) is 1. The monoisotopic (exact) mass is 226 g/mol. The molecule has 0 bridgehead atoms. The van der Waals surface area contributed by atoms with Crippen LogP contribution >= 0.6 is 0 Å². The van der Waals surface area contributed by atoms with Crippen molar-refractivity contribution in [2.75, 3.05) is 6.61 Å². The van der Waals surface area contributed by atoms with Crippen molar-refractivity contribution in [3.63, 3.8) is 0 Å². The number of rotatable bonds is 5. The van der Waals surface area contributed by atoms with E-state index in [9.17, 15) is 4.79 Å². The first kappa shape index (κ1) is 11.9. The fourth-order valence-electron chi connectivity index (χ4n) is 2.31. The van der Waals surface area contributed by atoms with Gasteiger partial charge in [0.2, 0.25) is 5.91 Å². The molecule has 1 aliphatic heterocycles. The SMILES string of the molecule is CC(NC(=O)CC(N)C1CC1)C1CCCO1. The van der Waals surface area contributed by atoms with E-state index in [0.717, 1.165) is 19.4 Å². The highest BCUT2D eigenvalue weighted by molar-refractivity contribution is 5.77. The van der Waals surface area contributed by atoms with E-state index in [4.69, 9.17) is 10.5 Å². The van der Waals surface area contributed by atoms with Crippen molar-refractivity contribution in [2.45, 2.75) is 57.2 Å². The summed E-state index contributed by atoms with van der Waals surface area (Å²) in [7, 11) is 0. The molecule has 1 saturated heterocycles. The van der Waals surface area contributed by atoms with Crippen molar-refractivity contribution < 1.29 is 9.53 Å². The largest absolute Gasteiger partial charge is 0.376 e. The Bertz CT molecular complexity index is 247. The van der Waals surface area contributed by atoms with E-state index >= 15 is 0 Å². The number of carbonyl (C=O) groups excluding carboxylic acids is 1. The summed E-state index contributed by atoms with van der Waals surface area (Å²) in [6.45, 7) is 2.84. The van der Waals surface area contributed by atoms with E-state index in [1.807, 2.05) is 6.92 Å². The maximum absolute atomic E-state index is 11.7. The fourth-order valence-corrected chi connectivity index (χ4v) is 2.31. The number of hydrogen-bond donors (Lipinski definition) is 2. The van der Waals surface area contributed by atoms with Gasteiger partial charge in [0.1, 0.15) is 0 Å². The Morgan fingerprint density at radius 2 is 2.25 bits per heavy atom. The van der Waals surface area contributed by atoms with E-state index < -0.39 is 0 Å². The zero-order valence-electron chi connectivity index (χ0n) is 9.95. The third-order valence-electron chi connectivity index (χ3n) is 3.56. The minimum Gasteiger partial charge on any atom is -0.376 e. The molecule has 4 heteroatoms. The minimum absolute atomic E-state index is 0.0525. The Labute approximate surface area is 96.9 Å². The van der Waals surface area contributed by atoms with Gasteiger partial charge in [-0.3, -0.25) is 4.79 Å². The molecule has 0 aromatic carbocycles. The van der Waals surface area contributed by atoms with Gasteiger partial charge in [0.05, 0.1) is 12.1 Å². The Hall–Kier alpha value is -0.610. The van der Waals surface area contributed by atoms with Gasteiger partial charge in [0, 0.05) is 19.1 Å². The molecule has 2 aliphatic rings. The third-order valence-corrected chi connectivity index (χ3v) is 3.56. The molecule has 3 atom stereocenters. The maximum Gasteiger partial charge on any atom is 0.221 e. The van der Waals surface area contributed by atoms with Crippen LogP contribution in [0.3, 0.4) is 0 Å². The molecule has 0 aromatic heterocycles. The van der Waals surface area contributed by atoms with Gasteiger partial charge in [0.15, 0.2) is 0 Å². The van der Waals surface area contributed by atoms with Crippen molar-refractivity contribution >= 4 is 5.91 Å². The molecule has 4 nitrogen and oxygen atoms in total. The van der Waals surface area contributed by atoms with Crippen molar-refractivity contribution in [3.8, 4) is 0 Å². The molecule has 2 rings (SSSR count). The molecule has 16 heavy (non-hydrogen) atoms. The lowest BCUT2D eigenvalue weighted by atomic mass is 10.1. The number of nitrogens with one attached hydrogen (secondary N) is 1. The number of hydrogen-bond acceptors (Lipinski definition) is 3. The molecular formula is C12H22N2O2. The first-order chi connectivity index (χ1) is 7.66. The molecule has 92 valence electrons. The summed E-state index contributed by atoms with van der Waals surface area (Å²) in [5.41, 5.74) is 5.92. The van der Waals surface area contributed by atoms with Gasteiger partial charge < -0.3 is 15.8 Å². The van der Waals surface area contributed by atoms with E-state index in [1.165, 1.54) is 12.8 Å². The molecule has 0 aromatic rings.